The van der Waals surface area contributed by atoms with Gasteiger partial charge >= 0.3 is 0 Å². The quantitative estimate of drug-likeness (QED) is 0.820. The summed E-state index contributed by atoms with van der Waals surface area (Å²) in [4.78, 5) is 0. The third kappa shape index (κ3) is 3.72. The van der Waals surface area contributed by atoms with E-state index in [0.29, 0.717) is 12.6 Å². The van der Waals surface area contributed by atoms with Gasteiger partial charge in [-0.25, -0.2) is 0 Å². The van der Waals surface area contributed by atoms with Gasteiger partial charge in [0.25, 0.3) is 0 Å². The average Bonchev–Trinajstić information content (AvgIpc) is 2.39. The van der Waals surface area contributed by atoms with Crippen LogP contribution < -0.4 is 10.6 Å². The van der Waals surface area contributed by atoms with Crippen LogP contribution in [0.5, 0.6) is 0 Å². The number of rotatable bonds is 5. The first-order chi connectivity index (χ1) is 8.40. The van der Waals surface area contributed by atoms with E-state index in [-0.39, 0.29) is 0 Å². The van der Waals surface area contributed by atoms with Crippen LogP contribution in [0.1, 0.15) is 25.3 Å². The second-order valence-electron chi connectivity index (χ2n) is 4.48. The van der Waals surface area contributed by atoms with Crippen molar-refractivity contribution >= 4 is 5.69 Å². The van der Waals surface area contributed by atoms with E-state index >= 15 is 0 Å². The van der Waals surface area contributed by atoms with Gasteiger partial charge in [-0.05, 0) is 32.4 Å². The number of anilines is 1. The summed E-state index contributed by atoms with van der Waals surface area (Å²) >= 11 is 0. The molecule has 0 aromatic heterocycles. The lowest BCUT2D eigenvalue weighted by Crippen LogP contribution is -2.38. The standard InChI is InChI=1S/C14H22N2O/c1-2-17-11-12-6-3-4-8-14(12)16-13-7-5-9-15-10-13/h3-4,6,8,13,15-16H,2,5,7,9-11H2,1H3. The molecule has 0 saturated carbocycles. The van der Waals surface area contributed by atoms with Gasteiger partial charge in [-0.2, -0.15) is 0 Å². The normalized spacial score (nSPS) is 20.2. The Balaban J connectivity index is 1.98. The van der Waals surface area contributed by atoms with Crippen LogP contribution in [-0.4, -0.2) is 25.7 Å². The zero-order valence-electron chi connectivity index (χ0n) is 10.5. The molecule has 1 unspecified atom stereocenters. The SMILES string of the molecule is CCOCc1ccccc1NC1CCCNC1. The summed E-state index contributed by atoms with van der Waals surface area (Å²) in [6, 6.07) is 8.97. The van der Waals surface area contributed by atoms with Crippen molar-refractivity contribution in [1.82, 2.24) is 5.32 Å². The molecule has 1 atom stereocenters. The van der Waals surface area contributed by atoms with E-state index < -0.39 is 0 Å². The highest BCUT2D eigenvalue weighted by molar-refractivity contribution is 5.51. The number of ether oxygens (including phenoxy) is 1. The molecule has 1 fully saturated rings. The molecule has 0 amide bonds. The zero-order chi connectivity index (χ0) is 11.9. The maximum absolute atomic E-state index is 5.49. The summed E-state index contributed by atoms with van der Waals surface area (Å²) in [7, 11) is 0. The molecular weight excluding hydrogens is 212 g/mol. The third-order valence-electron chi connectivity index (χ3n) is 3.14. The minimum Gasteiger partial charge on any atom is -0.381 e. The molecule has 2 N–H and O–H groups in total. The van der Waals surface area contributed by atoms with Crippen LogP contribution >= 0.6 is 0 Å². The molecule has 2 rings (SSSR count). The van der Waals surface area contributed by atoms with Gasteiger partial charge in [-0.1, -0.05) is 18.2 Å². The molecule has 0 aliphatic carbocycles. The van der Waals surface area contributed by atoms with Crippen molar-refractivity contribution in [2.75, 3.05) is 25.0 Å². The molecular formula is C14H22N2O. The maximum atomic E-state index is 5.49. The van der Waals surface area contributed by atoms with Crippen LogP contribution in [0.25, 0.3) is 0 Å². The topological polar surface area (TPSA) is 33.3 Å². The lowest BCUT2D eigenvalue weighted by molar-refractivity contribution is 0.134. The fraction of sp³-hybridized carbons (Fsp3) is 0.571. The summed E-state index contributed by atoms with van der Waals surface area (Å²) < 4.78 is 5.49. The van der Waals surface area contributed by atoms with Crippen LogP contribution in [0.4, 0.5) is 5.69 Å². The van der Waals surface area contributed by atoms with Crippen LogP contribution in [0.2, 0.25) is 0 Å². The van der Waals surface area contributed by atoms with Crippen molar-refractivity contribution in [3.63, 3.8) is 0 Å². The molecule has 1 heterocycles. The molecule has 0 radical (unpaired) electrons. The summed E-state index contributed by atoms with van der Waals surface area (Å²) in [5.41, 5.74) is 2.47. The monoisotopic (exact) mass is 234 g/mol. The smallest absolute Gasteiger partial charge is 0.0736 e. The van der Waals surface area contributed by atoms with E-state index in [2.05, 4.69) is 34.9 Å². The second kappa shape index (κ2) is 6.62. The molecule has 1 aromatic carbocycles. The lowest BCUT2D eigenvalue weighted by atomic mass is 10.1. The van der Waals surface area contributed by atoms with Crippen LogP contribution in [0, 0.1) is 0 Å². The minimum absolute atomic E-state index is 0.548. The Labute approximate surface area is 104 Å². The van der Waals surface area contributed by atoms with E-state index in [4.69, 9.17) is 4.74 Å². The predicted octanol–water partition coefficient (Wildman–Crippen LogP) is 2.39. The molecule has 3 heteroatoms. The number of nitrogens with one attached hydrogen (secondary N) is 2. The Morgan fingerprint density at radius 3 is 3.06 bits per heavy atom. The largest absolute Gasteiger partial charge is 0.381 e. The number of benzene rings is 1. The van der Waals surface area contributed by atoms with Crippen molar-refractivity contribution in [2.24, 2.45) is 0 Å². The molecule has 94 valence electrons. The highest BCUT2D eigenvalue weighted by Crippen LogP contribution is 2.18. The van der Waals surface area contributed by atoms with E-state index in [1.165, 1.54) is 24.1 Å². The van der Waals surface area contributed by atoms with Gasteiger partial charge in [0.1, 0.15) is 0 Å². The molecule has 1 saturated heterocycles. The van der Waals surface area contributed by atoms with Gasteiger partial charge in [0.05, 0.1) is 6.61 Å². The average molecular weight is 234 g/mol. The molecule has 1 aromatic rings. The van der Waals surface area contributed by atoms with Gasteiger partial charge in [-0.15, -0.1) is 0 Å². The molecule has 0 spiro atoms. The molecule has 1 aliphatic rings. The van der Waals surface area contributed by atoms with Crippen LogP contribution in [-0.2, 0) is 11.3 Å². The third-order valence-corrected chi connectivity index (χ3v) is 3.14. The maximum Gasteiger partial charge on any atom is 0.0736 e. The molecule has 1 aliphatic heterocycles. The summed E-state index contributed by atoms with van der Waals surface area (Å²) in [5, 5.41) is 7.04. The predicted molar refractivity (Wildman–Crippen MR) is 71.3 cm³/mol. The van der Waals surface area contributed by atoms with Gasteiger partial charge < -0.3 is 15.4 Å². The minimum atomic E-state index is 0.548. The van der Waals surface area contributed by atoms with Gasteiger partial charge in [0.2, 0.25) is 0 Å². The fourth-order valence-electron chi connectivity index (χ4n) is 2.19. The van der Waals surface area contributed by atoms with Gasteiger partial charge in [-0.3, -0.25) is 0 Å². The highest BCUT2D eigenvalue weighted by atomic mass is 16.5. The number of hydrogen-bond acceptors (Lipinski definition) is 3. The van der Waals surface area contributed by atoms with E-state index in [1.807, 2.05) is 6.92 Å². The Bertz CT molecular complexity index is 335. The Hall–Kier alpha value is -1.06. The van der Waals surface area contributed by atoms with Crippen LogP contribution in [0.3, 0.4) is 0 Å². The number of hydrogen-bond donors (Lipinski definition) is 2. The Morgan fingerprint density at radius 1 is 1.41 bits per heavy atom. The van der Waals surface area contributed by atoms with Crippen molar-refractivity contribution in [3.05, 3.63) is 29.8 Å². The van der Waals surface area contributed by atoms with Crippen molar-refractivity contribution in [3.8, 4) is 0 Å². The van der Waals surface area contributed by atoms with Crippen molar-refractivity contribution < 1.29 is 4.74 Å². The van der Waals surface area contributed by atoms with Crippen molar-refractivity contribution in [1.29, 1.82) is 0 Å². The molecule has 3 nitrogen and oxygen atoms in total. The lowest BCUT2D eigenvalue weighted by Gasteiger charge is -2.26. The van der Waals surface area contributed by atoms with E-state index in [1.54, 1.807) is 0 Å². The summed E-state index contributed by atoms with van der Waals surface area (Å²) in [5.74, 6) is 0. The van der Waals surface area contributed by atoms with Crippen LogP contribution in [0.15, 0.2) is 24.3 Å². The van der Waals surface area contributed by atoms with Gasteiger partial charge in [0, 0.05) is 30.4 Å². The Kier molecular flexibility index (Phi) is 4.83. The van der Waals surface area contributed by atoms with Gasteiger partial charge in [0.15, 0.2) is 0 Å². The number of piperidine rings is 1. The number of para-hydroxylation sites is 1. The second-order valence-corrected chi connectivity index (χ2v) is 4.48. The molecule has 17 heavy (non-hydrogen) atoms. The van der Waals surface area contributed by atoms with E-state index in [9.17, 15) is 0 Å². The van der Waals surface area contributed by atoms with E-state index in [0.717, 1.165) is 19.7 Å². The fourth-order valence-corrected chi connectivity index (χ4v) is 2.19. The zero-order valence-corrected chi connectivity index (χ0v) is 10.5. The summed E-state index contributed by atoms with van der Waals surface area (Å²) in [6.45, 7) is 5.70. The first-order valence-electron chi connectivity index (χ1n) is 6.53. The van der Waals surface area contributed by atoms with Crippen molar-refractivity contribution in [2.45, 2.75) is 32.4 Å². The first-order valence-corrected chi connectivity index (χ1v) is 6.53. The highest BCUT2D eigenvalue weighted by Gasteiger charge is 2.13. The first kappa shape index (κ1) is 12.4. The summed E-state index contributed by atoms with van der Waals surface area (Å²) in [6.07, 6.45) is 2.50. The molecule has 0 bridgehead atoms. The Morgan fingerprint density at radius 2 is 2.29 bits per heavy atom.